The second-order valence-electron chi connectivity index (χ2n) is 6.87. The number of carbonyl (C=O) groups is 1. The molecule has 4 rings (SSSR count). The molecule has 0 bridgehead atoms. The molecular weight excluding hydrogens is 421 g/mol. The first-order chi connectivity index (χ1) is 15.3. The normalized spacial score (nSPS) is 11.8. The van der Waals surface area contributed by atoms with Gasteiger partial charge in [0.1, 0.15) is 11.9 Å². The second kappa shape index (κ2) is 8.34. The Hall–Kier alpha value is -4.48. The van der Waals surface area contributed by atoms with E-state index < -0.39 is 16.9 Å². The number of benzene rings is 2. The summed E-state index contributed by atoms with van der Waals surface area (Å²) in [5.41, 5.74) is 1.30. The van der Waals surface area contributed by atoms with Gasteiger partial charge in [-0.15, -0.1) is 5.10 Å². The number of aromatic nitrogens is 5. The molecule has 0 aliphatic carbocycles. The predicted molar refractivity (Wildman–Crippen MR) is 108 cm³/mol. The number of halogens is 1. The van der Waals surface area contributed by atoms with E-state index in [9.17, 15) is 19.3 Å². The van der Waals surface area contributed by atoms with E-state index in [1.165, 1.54) is 47.1 Å². The highest BCUT2D eigenvalue weighted by molar-refractivity contribution is 5.93. The van der Waals surface area contributed by atoms with Crippen molar-refractivity contribution in [2.24, 2.45) is 0 Å². The quantitative estimate of drug-likeness (QED) is 0.358. The van der Waals surface area contributed by atoms with E-state index >= 15 is 0 Å². The maximum atomic E-state index is 13.1. The van der Waals surface area contributed by atoms with Gasteiger partial charge in [0.05, 0.1) is 16.3 Å². The molecule has 2 aromatic carbocycles. The number of hydrogen-bond donors (Lipinski definition) is 1. The Morgan fingerprint density at radius 3 is 2.72 bits per heavy atom. The van der Waals surface area contributed by atoms with Gasteiger partial charge in [0.2, 0.25) is 11.7 Å². The fourth-order valence-corrected chi connectivity index (χ4v) is 2.98. The number of nitrogens with one attached hydrogen (secondary N) is 1. The average Bonchev–Trinajstić information content (AvgIpc) is 3.41. The van der Waals surface area contributed by atoms with Gasteiger partial charge in [-0.25, -0.2) is 9.07 Å². The molecule has 1 N–H and O–H groups in total. The van der Waals surface area contributed by atoms with Crippen molar-refractivity contribution in [2.75, 3.05) is 0 Å². The molecule has 0 aliphatic rings. The summed E-state index contributed by atoms with van der Waals surface area (Å²) in [5.74, 6) is -0.505. The minimum atomic E-state index is -0.647. The Bertz CT molecular complexity index is 1300. The molecule has 0 saturated carbocycles. The number of rotatable bonds is 6. The van der Waals surface area contributed by atoms with E-state index in [1.54, 1.807) is 19.9 Å². The van der Waals surface area contributed by atoms with Crippen molar-refractivity contribution in [1.82, 2.24) is 30.5 Å². The van der Waals surface area contributed by atoms with Crippen LogP contribution < -0.4 is 5.32 Å². The molecule has 1 atom stereocenters. The molecule has 12 heteroatoms. The molecule has 1 unspecified atom stereocenters. The summed E-state index contributed by atoms with van der Waals surface area (Å²) < 4.78 is 19.6. The standard InChI is InChI=1S/C20H16FN7O4/c1-11(20-23-18(25-32-20)13-6-8-14(21)9-7-13)22-19(29)17-12(2)27(26-24-17)15-4-3-5-16(10-15)28(30)31/h3-11H,1-2H3,(H,22,29). The lowest BCUT2D eigenvalue weighted by atomic mass is 10.2. The van der Waals surface area contributed by atoms with Crippen LogP contribution >= 0.6 is 0 Å². The Morgan fingerprint density at radius 2 is 2.00 bits per heavy atom. The Morgan fingerprint density at radius 1 is 1.25 bits per heavy atom. The van der Waals surface area contributed by atoms with Gasteiger partial charge in [-0.05, 0) is 44.2 Å². The van der Waals surface area contributed by atoms with Crippen molar-refractivity contribution >= 4 is 11.6 Å². The number of nitro groups is 1. The van der Waals surface area contributed by atoms with Crippen molar-refractivity contribution in [3.8, 4) is 17.1 Å². The van der Waals surface area contributed by atoms with Crippen molar-refractivity contribution in [2.45, 2.75) is 19.9 Å². The molecular formula is C20H16FN7O4. The largest absolute Gasteiger partial charge is 0.339 e. The summed E-state index contributed by atoms with van der Waals surface area (Å²) in [6.07, 6.45) is 0. The maximum absolute atomic E-state index is 13.1. The van der Waals surface area contributed by atoms with Gasteiger partial charge in [-0.3, -0.25) is 14.9 Å². The Labute approximate surface area is 180 Å². The molecule has 11 nitrogen and oxygen atoms in total. The minimum absolute atomic E-state index is 0.0432. The highest BCUT2D eigenvalue weighted by Crippen LogP contribution is 2.21. The van der Waals surface area contributed by atoms with Gasteiger partial charge in [-0.2, -0.15) is 4.98 Å². The van der Waals surface area contributed by atoms with Crippen LogP contribution in [0, 0.1) is 22.9 Å². The zero-order valence-corrected chi connectivity index (χ0v) is 16.9. The van der Waals surface area contributed by atoms with Crippen LogP contribution in [0.4, 0.5) is 10.1 Å². The molecule has 162 valence electrons. The van der Waals surface area contributed by atoms with E-state index in [2.05, 4.69) is 25.8 Å². The Balaban J connectivity index is 1.51. The van der Waals surface area contributed by atoms with Gasteiger partial charge >= 0.3 is 0 Å². The van der Waals surface area contributed by atoms with Gasteiger partial charge in [0.25, 0.3) is 11.6 Å². The fourth-order valence-electron chi connectivity index (χ4n) is 2.98. The van der Waals surface area contributed by atoms with Gasteiger partial charge in [0.15, 0.2) is 5.69 Å². The molecule has 0 aliphatic heterocycles. The van der Waals surface area contributed by atoms with Crippen LogP contribution in [0.1, 0.15) is 35.0 Å². The summed E-state index contributed by atoms with van der Waals surface area (Å²) in [7, 11) is 0. The number of amides is 1. The third-order valence-electron chi connectivity index (χ3n) is 4.66. The van der Waals surface area contributed by atoms with Gasteiger partial charge in [-0.1, -0.05) is 16.4 Å². The van der Waals surface area contributed by atoms with E-state index in [1.807, 2.05) is 0 Å². The van der Waals surface area contributed by atoms with E-state index in [-0.39, 0.29) is 28.9 Å². The number of nitro benzene ring substituents is 1. The smallest absolute Gasteiger partial charge is 0.274 e. The number of nitrogens with zero attached hydrogens (tertiary/aromatic N) is 6. The van der Waals surface area contributed by atoms with Crippen LogP contribution in [0.2, 0.25) is 0 Å². The highest BCUT2D eigenvalue weighted by Gasteiger charge is 2.23. The lowest BCUT2D eigenvalue weighted by molar-refractivity contribution is -0.384. The fraction of sp³-hybridized carbons (Fsp3) is 0.150. The molecule has 0 saturated heterocycles. The second-order valence-corrected chi connectivity index (χ2v) is 6.87. The monoisotopic (exact) mass is 437 g/mol. The minimum Gasteiger partial charge on any atom is -0.339 e. The first-order valence-electron chi connectivity index (χ1n) is 9.41. The Kier molecular flexibility index (Phi) is 5.41. The molecule has 2 heterocycles. The summed E-state index contributed by atoms with van der Waals surface area (Å²) in [4.78, 5) is 27.4. The molecule has 32 heavy (non-hydrogen) atoms. The predicted octanol–water partition coefficient (Wildman–Crippen LogP) is 3.16. The van der Waals surface area contributed by atoms with Crippen LogP contribution in [-0.2, 0) is 0 Å². The summed E-state index contributed by atoms with van der Waals surface area (Å²) in [6.45, 7) is 3.28. The van der Waals surface area contributed by atoms with Crippen molar-refractivity contribution in [3.63, 3.8) is 0 Å². The molecule has 4 aromatic rings. The van der Waals surface area contributed by atoms with Gasteiger partial charge in [0, 0.05) is 17.7 Å². The van der Waals surface area contributed by atoms with Crippen LogP contribution in [0.3, 0.4) is 0 Å². The van der Waals surface area contributed by atoms with Crippen LogP contribution in [0.15, 0.2) is 53.1 Å². The molecule has 0 fully saturated rings. The summed E-state index contributed by atoms with van der Waals surface area (Å²) >= 11 is 0. The van der Waals surface area contributed by atoms with Crippen molar-refractivity contribution < 1.29 is 18.6 Å². The topological polar surface area (TPSA) is 142 Å². The summed E-state index contributed by atoms with van der Waals surface area (Å²) in [6, 6.07) is 10.8. The number of carbonyl (C=O) groups excluding carboxylic acids is 1. The first kappa shape index (κ1) is 20.8. The average molecular weight is 437 g/mol. The van der Waals surface area contributed by atoms with Gasteiger partial charge < -0.3 is 9.84 Å². The number of non-ortho nitro benzene ring substituents is 1. The molecule has 2 aromatic heterocycles. The van der Waals surface area contributed by atoms with Crippen LogP contribution in [0.25, 0.3) is 17.1 Å². The third kappa shape index (κ3) is 4.05. The highest BCUT2D eigenvalue weighted by atomic mass is 19.1. The first-order valence-corrected chi connectivity index (χ1v) is 9.41. The van der Waals surface area contributed by atoms with Crippen molar-refractivity contribution in [1.29, 1.82) is 0 Å². The van der Waals surface area contributed by atoms with E-state index in [0.29, 0.717) is 16.9 Å². The lowest BCUT2D eigenvalue weighted by Gasteiger charge is -2.08. The maximum Gasteiger partial charge on any atom is 0.274 e. The zero-order valence-electron chi connectivity index (χ0n) is 16.9. The number of hydrogen-bond acceptors (Lipinski definition) is 8. The SMILES string of the molecule is Cc1c(C(=O)NC(C)c2nc(-c3ccc(F)cc3)no2)nnn1-c1cccc([N+](=O)[O-])c1. The third-order valence-corrected chi connectivity index (χ3v) is 4.66. The van der Waals surface area contributed by atoms with Crippen LogP contribution in [0.5, 0.6) is 0 Å². The molecule has 1 amide bonds. The lowest BCUT2D eigenvalue weighted by Crippen LogP contribution is -2.28. The summed E-state index contributed by atoms with van der Waals surface area (Å²) in [5, 5.41) is 25.4. The zero-order chi connectivity index (χ0) is 22.8. The van der Waals surface area contributed by atoms with Crippen LogP contribution in [-0.4, -0.2) is 36.0 Å². The van der Waals surface area contributed by atoms with E-state index in [4.69, 9.17) is 4.52 Å². The van der Waals surface area contributed by atoms with E-state index in [0.717, 1.165) is 0 Å². The van der Waals surface area contributed by atoms with Crippen molar-refractivity contribution in [3.05, 3.63) is 81.7 Å². The molecule has 0 spiro atoms. The molecule has 0 radical (unpaired) electrons.